The van der Waals surface area contributed by atoms with Crippen LogP contribution in [0, 0.1) is 11.8 Å². The molecule has 0 aliphatic heterocycles. The van der Waals surface area contributed by atoms with E-state index in [0.29, 0.717) is 0 Å². The van der Waals surface area contributed by atoms with E-state index in [2.05, 4.69) is 16.0 Å². The molecule has 7 heteroatoms. The molecule has 0 aromatic heterocycles. The first-order valence-corrected chi connectivity index (χ1v) is 5.57. The minimum absolute atomic E-state index is 0.313. The molecule has 70 valence electrons. The molecule has 0 atom stereocenters. The van der Waals surface area contributed by atoms with Crippen LogP contribution in [0.15, 0.2) is 0 Å². The highest BCUT2D eigenvalue weighted by atomic mass is 35.6. The van der Waals surface area contributed by atoms with E-state index in [9.17, 15) is 8.42 Å². The monoisotopic (exact) mass is 250 g/mol. The molecule has 12 heavy (non-hydrogen) atoms. The molecular weight excluding hydrogens is 246 g/mol. The van der Waals surface area contributed by atoms with Crippen molar-refractivity contribution in [2.24, 2.45) is 0 Å². The lowest BCUT2D eigenvalue weighted by Gasteiger charge is -1.97. The Hall–Kier alpha value is 0.340. The molecule has 0 aromatic rings. The van der Waals surface area contributed by atoms with Crippen LogP contribution < -0.4 is 0 Å². The third kappa shape index (κ3) is 10.3. The largest absolute Gasteiger partial charge is 0.265 e. The minimum atomic E-state index is -3.47. The van der Waals surface area contributed by atoms with Gasteiger partial charge < -0.3 is 0 Å². The minimum Gasteiger partial charge on any atom is -0.257 e. The van der Waals surface area contributed by atoms with Gasteiger partial charge in [0.2, 0.25) is 0 Å². The zero-order valence-electron chi connectivity index (χ0n) is 5.97. The number of hydrogen-bond donors (Lipinski definition) is 0. The molecule has 0 fully saturated rings. The Labute approximate surface area is 86.1 Å². The van der Waals surface area contributed by atoms with Gasteiger partial charge >= 0.3 is 0 Å². The standard InChI is InChI=1S/C5H5Cl3O3S/c1-12(9,10)11-4-2-3-5(6,7)8/h4H2,1H3. The average Bonchev–Trinajstić information content (AvgIpc) is 1.76. The molecule has 0 radical (unpaired) electrons. The topological polar surface area (TPSA) is 43.4 Å². The first kappa shape index (κ1) is 12.3. The van der Waals surface area contributed by atoms with E-state index in [1.807, 2.05) is 0 Å². The van der Waals surface area contributed by atoms with E-state index in [1.165, 1.54) is 0 Å². The maximum atomic E-state index is 10.4. The lowest BCUT2D eigenvalue weighted by atomic mass is 10.6. The normalized spacial score (nSPS) is 12.0. The number of rotatable bonds is 2. The molecule has 0 aromatic carbocycles. The van der Waals surface area contributed by atoms with Crippen molar-refractivity contribution >= 4 is 44.9 Å². The van der Waals surface area contributed by atoms with Crippen LogP contribution in [0.1, 0.15) is 0 Å². The molecule has 0 amide bonds. The molecule has 0 bridgehead atoms. The summed E-state index contributed by atoms with van der Waals surface area (Å²) in [5, 5.41) is 0. The van der Waals surface area contributed by atoms with Gasteiger partial charge in [0.05, 0.1) is 6.26 Å². The number of alkyl halides is 3. The molecule has 0 rings (SSSR count). The summed E-state index contributed by atoms with van der Waals surface area (Å²) < 4.78 is 23.3. The molecule has 0 saturated heterocycles. The van der Waals surface area contributed by atoms with E-state index < -0.39 is 13.9 Å². The van der Waals surface area contributed by atoms with Gasteiger partial charge in [-0.1, -0.05) is 40.7 Å². The third-order valence-corrected chi connectivity index (χ3v) is 1.40. The van der Waals surface area contributed by atoms with Crippen LogP contribution in [-0.2, 0) is 14.3 Å². The first-order chi connectivity index (χ1) is 5.21. The lowest BCUT2D eigenvalue weighted by Crippen LogP contribution is -2.03. The molecule has 0 heterocycles. The van der Waals surface area contributed by atoms with Gasteiger partial charge in [-0.05, 0) is 5.92 Å². The van der Waals surface area contributed by atoms with E-state index in [0.717, 1.165) is 6.26 Å². The molecular formula is C5H5Cl3O3S. The van der Waals surface area contributed by atoms with Crippen molar-refractivity contribution in [3.63, 3.8) is 0 Å². The molecule has 0 spiro atoms. The summed E-state index contributed by atoms with van der Waals surface area (Å²) in [6.45, 7) is -0.313. The van der Waals surface area contributed by atoms with Gasteiger partial charge in [-0.3, -0.25) is 4.18 Å². The van der Waals surface area contributed by atoms with Crippen molar-refractivity contribution in [1.82, 2.24) is 0 Å². The van der Waals surface area contributed by atoms with Crippen molar-refractivity contribution in [2.45, 2.75) is 3.79 Å². The van der Waals surface area contributed by atoms with Gasteiger partial charge in [-0.2, -0.15) is 8.42 Å². The van der Waals surface area contributed by atoms with Gasteiger partial charge in [0.15, 0.2) is 0 Å². The van der Waals surface area contributed by atoms with Gasteiger partial charge in [-0.15, -0.1) is 0 Å². The van der Waals surface area contributed by atoms with Crippen LogP contribution in [0.2, 0.25) is 0 Å². The average molecular weight is 252 g/mol. The van der Waals surface area contributed by atoms with Gasteiger partial charge in [-0.25, -0.2) is 0 Å². The zero-order chi connectivity index (χ0) is 9.83. The second kappa shape index (κ2) is 4.54. The molecule has 0 aliphatic carbocycles. The maximum absolute atomic E-state index is 10.4. The first-order valence-electron chi connectivity index (χ1n) is 2.62. The van der Waals surface area contributed by atoms with Gasteiger partial charge in [0.1, 0.15) is 6.61 Å². The molecule has 0 aliphatic rings. The Morgan fingerprint density at radius 2 is 1.92 bits per heavy atom. The number of halogens is 3. The Morgan fingerprint density at radius 3 is 2.25 bits per heavy atom. The highest BCUT2D eigenvalue weighted by Gasteiger charge is 2.13. The summed E-state index contributed by atoms with van der Waals surface area (Å²) in [6.07, 6.45) is 0.907. The van der Waals surface area contributed by atoms with Crippen molar-refractivity contribution in [3.8, 4) is 11.8 Å². The summed E-state index contributed by atoms with van der Waals surface area (Å²) in [7, 11) is -3.47. The predicted molar refractivity (Wildman–Crippen MR) is 48.9 cm³/mol. The van der Waals surface area contributed by atoms with Crippen LogP contribution >= 0.6 is 34.8 Å². The predicted octanol–water partition coefficient (Wildman–Crippen LogP) is 1.34. The summed E-state index contributed by atoms with van der Waals surface area (Å²) in [6, 6.07) is 0. The smallest absolute Gasteiger partial charge is 0.257 e. The quantitative estimate of drug-likeness (QED) is 0.422. The molecule has 0 saturated carbocycles. The van der Waals surface area contributed by atoms with Gasteiger partial charge in [0.25, 0.3) is 13.9 Å². The molecule has 0 N–H and O–H groups in total. The summed E-state index contributed by atoms with van der Waals surface area (Å²) >= 11 is 15.7. The fourth-order valence-corrected chi connectivity index (χ4v) is 0.746. The van der Waals surface area contributed by atoms with E-state index in [4.69, 9.17) is 34.8 Å². The van der Waals surface area contributed by atoms with Crippen LogP contribution in [0.25, 0.3) is 0 Å². The summed E-state index contributed by atoms with van der Waals surface area (Å²) in [5.74, 6) is 4.39. The summed E-state index contributed by atoms with van der Waals surface area (Å²) in [5.41, 5.74) is 0. The van der Waals surface area contributed by atoms with E-state index in [-0.39, 0.29) is 6.61 Å². The fourth-order valence-electron chi connectivity index (χ4n) is 0.273. The second-order valence-electron chi connectivity index (χ2n) is 1.77. The SMILES string of the molecule is CS(=O)(=O)OCC#CC(Cl)(Cl)Cl. The summed E-state index contributed by atoms with van der Waals surface area (Å²) in [4.78, 5) is 0. The Morgan fingerprint density at radius 1 is 1.42 bits per heavy atom. The van der Waals surface area contributed by atoms with Crippen molar-refractivity contribution in [2.75, 3.05) is 12.9 Å². The van der Waals surface area contributed by atoms with Crippen LogP contribution in [0.5, 0.6) is 0 Å². The zero-order valence-corrected chi connectivity index (χ0v) is 9.06. The Bertz CT molecular complexity index is 292. The second-order valence-corrected chi connectivity index (χ2v) is 5.69. The highest BCUT2D eigenvalue weighted by Crippen LogP contribution is 2.23. The van der Waals surface area contributed by atoms with Gasteiger partial charge in [0, 0.05) is 0 Å². The van der Waals surface area contributed by atoms with Crippen LogP contribution in [0.3, 0.4) is 0 Å². The lowest BCUT2D eigenvalue weighted by molar-refractivity contribution is 0.368. The van der Waals surface area contributed by atoms with E-state index >= 15 is 0 Å². The van der Waals surface area contributed by atoms with Crippen LogP contribution in [-0.4, -0.2) is 25.1 Å². The highest BCUT2D eigenvalue weighted by molar-refractivity contribution is 7.85. The Balaban J connectivity index is 3.92. The fraction of sp³-hybridized carbons (Fsp3) is 0.600. The Kier molecular flexibility index (Phi) is 4.67. The maximum Gasteiger partial charge on any atom is 0.265 e. The molecule has 3 nitrogen and oxygen atoms in total. The van der Waals surface area contributed by atoms with Crippen molar-refractivity contribution in [1.29, 1.82) is 0 Å². The number of hydrogen-bond acceptors (Lipinski definition) is 3. The van der Waals surface area contributed by atoms with Crippen molar-refractivity contribution in [3.05, 3.63) is 0 Å². The third-order valence-electron chi connectivity index (χ3n) is 0.575. The molecule has 0 unspecified atom stereocenters. The van der Waals surface area contributed by atoms with E-state index in [1.54, 1.807) is 0 Å². The van der Waals surface area contributed by atoms with Crippen LogP contribution in [0.4, 0.5) is 0 Å². The van der Waals surface area contributed by atoms with Crippen molar-refractivity contribution < 1.29 is 12.6 Å².